The average molecular weight is 292 g/mol. The number of fused-ring (bicyclic) bond motifs is 1. The van der Waals surface area contributed by atoms with E-state index in [4.69, 9.17) is 16.3 Å². The Balaban J connectivity index is 1.51. The molecule has 1 atom stereocenters. The van der Waals surface area contributed by atoms with Crippen LogP contribution in [0.4, 0.5) is 4.39 Å². The lowest BCUT2D eigenvalue weighted by atomic mass is 10.1. The summed E-state index contributed by atoms with van der Waals surface area (Å²) < 4.78 is 18.9. The predicted octanol–water partition coefficient (Wildman–Crippen LogP) is 3.57. The zero-order valence-corrected chi connectivity index (χ0v) is 11.7. The average Bonchev–Trinajstić information content (AvgIpc) is 2.80. The Morgan fingerprint density at radius 1 is 1.25 bits per heavy atom. The quantitative estimate of drug-likeness (QED) is 0.930. The van der Waals surface area contributed by atoms with Crippen molar-refractivity contribution in [2.24, 2.45) is 0 Å². The molecule has 1 unspecified atom stereocenters. The minimum Gasteiger partial charge on any atom is -0.488 e. The number of nitrogens with one attached hydrogen (secondary N) is 1. The summed E-state index contributed by atoms with van der Waals surface area (Å²) in [6.45, 7) is 1.36. The molecule has 0 saturated heterocycles. The molecule has 0 fully saturated rings. The molecule has 1 aliphatic rings. The monoisotopic (exact) mass is 291 g/mol. The molecule has 4 heteroatoms. The van der Waals surface area contributed by atoms with Crippen LogP contribution in [0.3, 0.4) is 0 Å². The molecule has 2 aromatic rings. The third-order valence-electron chi connectivity index (χ3n) is 3.35. The Labute approximate surface area is 122 Å². The standard InChI is InChI=1S/C16H15ClFNO/c17-13-4-5-16-12(7-13)8-15(20-16)10-19-9-11-2-1-3-14(18)6-11/h1-7,15,19H,8-10H2. The van der Waals surface area contributed by atoms with Crippen molar-refractivity contribution in [2.45, 2.75) is 19.1 Å². The molecule has 1 aliphatic heterocycles. The van der Waals surface area contributed by atoms with Crippen molar-refractivity contribution >= 4 is 11.6 Å². The SMILES string of the molecule is Fc1cccc(CNCC2Cc3cc(Cl)ccc3O2)c1. The maximum absolute atomic E-state index is 13.0. The van der Waals surface area contributed by atoms with Crippen LogP contribution in [0.1, 0.15) is 11.1 Å². The van der Waals surface area contributed by atoms with Gasteiger partial charge in [-0.1, -0.05) is 23.7 Å². The molecule has 2 aromatic carbocycles. The highest BCUT2D eigenvalue weighted by atomic mass is 35.5. The number of benzene rings is 2. The maximum Gasteiger partial charge on any atom is 0.123 e. The van der Waals surface area contributed by atoms with E-state index < -0.39 is 0 Å². The summed E-state index contributed by atoms with van der Waals surface area (Å²) >= 11 is 5.96. The van der Waals surface area contributed by atoms with Gasteiger partial charge >= 0.3 is 0 Å². The number of ether oxygens (including phenoxy) is 1. The van der Waals surface area contributed by atoms with Gasteiger partial charge in [0.15, 0.2) is 0 Å². The van der Waals surface area contributed by atoms with Gasteiger partial charge in [-0.3, -0.25) is 0 Å². The number of hydrogen-bond acceptors (Lipinski definition) is 2. The molecule has 20 heavy (non-hydrogen) atoms. The van der Waals surface area contributed by atoms with Crippen LogP contribution in [-0.2, 0) is 13.0 Å². The third-order valence-corrected chi connectivity index (χ3v) is 3.59. The largest absolute Gasteiger partial charge is 0.488 e. The minimum absolute atomic E-state index is 0.108. The van der Waals surface area contributed by atoms with Crippen LogP contribution in [0.25, 0.3) is 0 Å². The Morgan fingerprint density at radius 2 is 2.15 bits per heavy atom. The van der Waals surface area contributed by atoms with Crippen molar-refractivity contribution in [3.05, 3.63) is 64.4 Å². The molecular weight excluding hydrogens is 277 g/mol. The first-order valence-electron chi connectivity index (χ1n) is 6.61. The zero-order valence-electron chi connectivity index (χ0n) is 10.9. The number of halogens is 2. The van der Waals surface area contributed by atoms with Gasteiger partial charge in [0.2, 0.25) is 0 Å². The highest BCUT2D eigenvalue weighted by Gasteiger charge is 2.22. The third kappa shape index (κ3) is 3.11. The molecule has 3 rings (SSSR count). The van der Waals surface area contributed by atoms with Crippen molar-refractivity contribution in [3.63, 3.8) is 0 Å². The summed E-state index contributed by atoms with van der Waals surface area (Å²) in [6.07, 6.45) is 0.962. The van der Waals surface area contributed by atoms with Crippen LogP contribution in [0.15, 0.2) is 42.5 Å². The van der Waals surface area contributed by atoms with Crippen molar-refractivity contribution in [1.82, 2.24) is 5.32 Å². The van der Waals surface area contributed by atoms with Crippen LogP contribution in [0.5, 0.6) is 5.75 Å². The molecule has 1 N–H and O–H groups in total. The van der Waals surface area contributed by atoms with Gasteiger partial charge in [-0.2, -0.15) is 0 Å². The molecule has 0 aliphatic carbocycles. The minimum atomic E-state index is -0.205. The smallest absolute Gasteiger partial charge is 0.123 e. The van der Waals surface area contributed by atoms with Gasteiger partial charge in [0.25, 0.3) is 0 Å². The van der Waals surface area contributed by atoms with Crippen LogP contribution < -0.4 is 10.1 Å². The van der Waals surface area contributed by atoms with Crippen molar-refractivity contribution in [1.29, 1.82) is 0 Å². The molecule has 0 spiro atoms. The highest BCUT2D eigenvalue weighted by molar-refractivity contribution is 6.30. The second-order valence-electron chi connectivity index (χ2n) is 4.96. The van der Waals surface area contributed by atoms with E-state index in [-0.39, 0.29) is 11.9 Å². The van der Waals surface area contributed by atoms with Crippen molar-refractivity contribution < 1.29 is 9.13 Å². The molecule has 2 nitrogen and oxygen atoms in total. The second-order valence-corrected chi connectivity index (χ2v) is 5.39. The molecule has 1 heterocycles. The van der Waals surface area contributed by atoms with Gasteiger partial charge in [-0.15, -0.1) is 0 Å². The van der Waals surface area contributed by atoms with E-state index in [1.165, 1.54) is 12.1 Å². The van der Waals surface area contributed by atoms with Crippen LogP contribution >= 0.6 is 11.6 Å². The highest BCUT2D eigenvalue weighted by Crippen LogP contribution is 2.30. The topological polar surface area (TPSA) is 21.3 Å². The molecule has 0 saturated carbocycles. The summed E-state index contributed by atoms with van der Waals surface area (Å²) in [7, 11) is 0. The molecule has 0 aromatic heterocycles. The van der Waals surface area contributed by atoms with E-state index in [1.807, 2.05) is 24.3 Å². The van der Waals surface area contributed by atoms with E-state index in [0.29, 0.717) is 6.54 Å². The summed E-state index contributed by atoms with van der Waals surface area (Å²) in [4.78, 5) is 0. The van der Waals surface area contributed by atoms with E-state index in [2.05, 4.69) is 5.32 Å². The lowest BCUT2D eigenvalue weighted by Crippen LogP contribution is -2.29. The van der Waals surface area contributed by atoms with Gasteiger partial charge in [-0.05, 0) is 41.5 Å². The second kappa shape index (κ2) is 5.81. The van der Waals surface area contributed by atoms with Crippen molar-refractivity contribution in [2.75, 3.05) is 6.54 Å². The first-order chi connectivity index (χ1) is 9.70. The number of rotatable bonds is 4. The summed E-state index contributed by atoms with van der Waals surface area (Å²) in [6, 6.07) is 12.3. The normalized spacial score (nSPS) is 16.8. The fraction of sp³-hybridized carbons (Fsp3) is 0.250. The van der Waals surface area contributed by atoms with E-state index >= 15 is 0 Å². The first kappa shape index (κ1) is 13.4. The maximum atomic E-state index is 13.0. The van der Waals surface area contributed by atoms with Gasteiger partial charge in [-0.25, -0.2) is 4.39 Å². The molecule has 0 amide bonds. The predicted molar refractivity (Wildman–Crippen MR) is 77.7 cm³/mol. The zero-order chi connectivity index (χ0) is 13.9. The van der Waals surface area contributed by atoms with E-state index in [1.54, 1.807) is 6.07 Å². The summed E-state index contributed by atoms with van der Waals surface area (Å²) in [5.74, 6) is 0.704. The number of hydrogen-bond donors (Lipinski definition) is 1. The van der Waals surface area contributed by atoms with E-state index in [0.717, 1.165) is 34.9 Å². The Morgan fingerprint density at radius 3 is 3.00 bits per heavy atom. The van der Waals surface area contributed by atoms with Crippen LogP contribution in [0.2, 0.25) is 5.02 Å². The lowest BCUT2D eigenvalue weighted by Gasteiger charge is -2.11. The summed E-state index contributed by atoms with van der Waals surface area (Å²) in [5, 5.41) is 4.03. The molecule has 104 valence electrons. The van der Waals surface area contributed by atoms with Crippen molar-refractivity contribution in [3.8, 4) is 5.75 Å². The van der Waals surface area contributed by atoms with Gasteiger partial charge < -0.3 is 10.1 Å². The first-order valence-corrected chi connectivity index (χ1v) is 6.99. The summed E-state index contributed by atoms with van der Waals surface area (Å²) in [5.41, 5.74) is 2.08. The lowest BCUT2D eigenvalue weighted by molar-refractivity contribution is 0.227. The van der Waals surface area contributed by atoms with Crippen LogP contribution in [0, 0.1) is 5.82 Å². The van der Waals surface area contributed by atoms with E-state index in [9.17, 15) is 4.39 Å². The van der Waals surface area contributed by atoms with Gasteiger partial charge in [0, 0.05) is 24.5 Å². The van der Waals surface area contributed by atoms with Gasteiger partial charge in [0.1, 0.15) is 17.7 Å². The Kier molecular flexibility index (Phi) is 3.90. The fourth-order valence-corrected chi connectivity index (χ4v) is 2.62. The fourth-order valence-electron chi connectivity index (χ4n) is 2.43. The molecule has 0 bridgehead atoms. The van der Waals surface area contributed by atoms with Gasteiger partial charge in [0.05, 0.1) is 0 Å². The molecular formula is C16H15ClFNO. The Bertz CT molecular complexity index is 617. The van der Waals surface area contributed by atoms with Crippen LogP contribution in [-0.4, -0.2) is 12.6 Å². The Hall–Kier alpha value is -1.58. The molecule has 0 radical (unpaired) electrons.